The van der Waals surface area contributed by atoms with Crippen molar-refractivity contribution in [3.8, 4) is 0 Å². The van der Waals surface area contributed by atoms with Gasteiger partial charge in [0.15, 0.2) is 0 Å². The highest BCUT2D eigenvalue weighted by Crippen LogP contribution is 2.29. The lowest BCUT2D eigenvalue weighted by atomic mass is 10.1. The van der Waals surface area contributed by atoms with E-state index in [1.807, 2.05) is 30.5 Å². The number of nitrogens with one attached hydrogen (secondary N) is 1. The monoisotopic (exact) mass is 292 g/mol. The number of benzene rings is 1. The van der Waals surface area contributed by atoms with Crippen molar-refractivity contribution in [3.63, 3.8) is 0 Å². The minimum absolute atomic E-state index is 0.292. The Kier molecular flexibility index (Phi) is 5.70. The number of nitrogens with zero attached hydrogens (tertiary/aromatic N) is 1. The molecule has 0 saturated carbocycles. The fraction of sp³-hybridized carbons (Fsp3) is 0.267. The quantitative estimate of drug-likeness (QED) is 0.809. The Morgan fingerprint density at radius 1 is 1.26 bits per heavy atom. The summed E-state index contributed by atoms with van der Waals surface area (Å²) in [4.78, 5) is 5.31. The molecule has 0 aliphatic heterocycles. The van der Waals surface area contributed by atoms with Crippen LogP contribution in [0.4, 0.5) is 0 Å². The van der Waals surface area contributed by atoms with E-state index < -0.39 is 0 Å². The van der Waals surface area contributed by atoms with Crippen LogP contribution in [0.1, 0.15) is 18.5 Å². The fourth-order valence-corrected chi connectivity index (χ4v) is 3.17. The Labute approximate surface area is 123 Å². The van der Waals surface area contributed by atoms with Crippen LogP contribution in [0, 0.1) is 0 Å². The van der Waals surface area contributed by atoms with Crippen LogP contribution in [0.5, 0.6) is 0 Å². The number of halogens is 1. The summed E-state index contributed by atoms with van der Waals surface area (Å²) in [5.41, 5.74) is 1.21. The van der Waals surface area contributed by atoms with Gasteiger partial charge in [-0.05, 0) is 30.3 Å². The summed E-state index contributed by atoms with van der Waals surface area (Å²) in [6, 6.07) is 12.3. The number of thioether (sulfide) groups is 1. The van der Waals surface area contributed by atoms with Gasteiger partial charge in [-0.2, -0.15) is 0 Å². The summed E-state index contributed by atoms with van der Waals surface area (Å²) in [6.45, 7) is 3.05. The molecule has 19 heavy (non-hydrogen) atoms. The number of rotatable bonds is 6. The van der Waals surface area contributed by atoms with Crippen LogP contribution in [0.2, 0.25) is 5.02 Å². The van der Waals surface area contributed by atoms with E-state index in [0.29, 0.717) is 6.04 Å². The van der Waals surface area contributed by atoms with Gasteiger partial charge in [0, 0.05) is 29.1 Å². The van der Waals surface area contributed by atoms with Crippen molar-refractivity contribution in [2.24, 2.45) is 0 Å². The van der Waals surface area contributed by atoms with E-state index in [2.05, 4.69) is 29.4 Å². The average Bonchev–Trinajstić information content (AvgIpc) is 2.46. The lowest BCUT2D eigenvalue weighted by Crippen LogP contribution is -2.23. The molecule has 0 saturated heterocycles. The summed E-state index contributed by atoms with van der Waals surface area (Å²) < 4.78 is 0. The second-order valence-corrected chi connectivity index (χ2v) is 5.61. The van der Waals surface area contributed by atoms with E-state index >= 15 is 0 Å². The molecule has 0 aliphatic rings. The molecule has 2 nitrogen and oxygen atoms in total. The van der Waals surface area contributed by atoms with Gasteiger partial charge in [-0.25, -0.2) is 0 Å². The third kappa shape index (κ3) is 4.23. The highest BCUT2D eigenvalue weighted by atomic mass is 35.5. The number of hydrogen-bond donors (Lipinski definition) is 1. The van der Waals surface area contributed by atoms with Crippen LogP contribution in [0.3, 0.4) is 0 Å². The van der Waals surface area contributed by atoms with Crippen LogP contribution < -0.4 is 5.32 Å². The molecule has 4 heteroatoms. The van der Waals surface area contributed by atoms with Crippen molar-refractivity contribution < 1.29 is 0 Å². The van der Waals surface area contributed by atoms with E-state index in [-0.39, 0.29) is 0 Å². The highest BCUT2D eigenvalue weighted by molar-refractivity contribution is 7.99. The summed E-state index contributed by atoms with van der Waals surface area (Å²) in [5, 5.41) is 4.30. The van der Waals surface area contributed by atoms with Gasteiger partial charge < -0.3 is 5.32 Å². The third-order valence-corrected chi connectivity index (χ3v) is 4.39. The van der Waals surface area contributed by atoms with Crippen molar-refractivity contribution in [1.29, 1.82) is 0 Å². The predicted molar refractivity (Wildman–Crippen MR) is 82.8 cm³/mol. The van der Waals surface area contributed by atoms with Gasteiger partial charge in [-0.1, -0.05) is 36.7 Å². The molecule has 1 unspecified atom stereocenters. The Balaban J connectivity index is 2.04. The normalized spacial score (nSPS) is 12.3. The second kappa shape index (κ2) is 7.53. The molecule has 0 fully saturated rings. The predicted octanol–water partition coefficient (Wildman–Crippen LogP) is 4.18. The molecule has 100 valence electrons. The molecule has 1 N–H and O–H groups in total. The van der Waals surface area contributed by atoms with Crippen molar-refractivity contribution in [3.05, 3.63) is 59.4 Å². The third-order valence-electron chi connectivity index (χ3n) is 2.78. The van der Waals surface area contributed by atoms with Gasteiger partial charge in [0.2, 0.25) is 0 Å². The first-order valence-corrected chi connectivity index (χ1v) is 7.68. The maximum atomic E-state index is 6.18. The van der Waals surface area contributed by atoms with Crippen molar-refractivity contribution in [2.45, 2.75) is 17.9 Å². The molecule has 0 aliphatic carbocycles. The number of aromatic nitrogens is 1. The summed E-state index contributed by atoms with van der Waals surface area (Å²) in [7, 11) is 0. The number of pyridine rings is 1. The molecule has 1 heterocycles. The Morgan fingerprint density at radius 3 is 2.79 bits per heavy atom. The van der Waals surface area contributed by atoms with E-state index in [1.54, 1.807) is 18.0 Å². The first-order chi connectivity index (χ1) is 9.31. The van der Waals surface area contributed by atoms with Gasteiger partial charge in [0.1, 0.15) is 0 Å². The minimum Gasteiger partial charge on any atom is -0.309 e. The smallest absolute Gasteiger partial charge is 0.0541 e. The molecule has 0 bridgehead atoms. The zero-order valence-corrected chi connectivity index (χ0v) is 12.4. The SMILES string of the molecule is CCNC(CSc1ccccc1Cl)c1cccnc1. The average molecular weight is 293 g/mol. The summed E-state index contributed by atoms with van der Waals surface area (Å²) in [6.07, 6.45) is 3.72. The molecular formula is C15H17ClN2S. The largest absolute Gasteiger partial charge is 0.309 e. The van der Waals surface area contributed by atoms with E-state index in [0.717, 1.165) is 22.2 Å². The van der Waals surface area contributed by atoms with Gasteiger partial charge in [-0.3, -0.25) is 4.98 Å². The Morgan fingerprint density at radius 2 is 2.11 bits per heavy atom. The standard InChI is InChI=1S/C15H17ClN2S/c1-2-18-14(12-6-5-9-17-10-12)11-19-15-8-4-3-7-13(15)16/h3-10,14,18H,2,11H2,1H3. The topological polar surface area (TPSA) is 24.9 Å². The van der Waals surface area contributed by atoms with Crippen LogP contribution in [-0.4, -0.2) is 17.3 Å². The van der Waals surface area contributed by atoms with E-state index in [1.165, 1.54) is 5.56 Å². The lowest BCUT2D eigenvalue weighted by Gasteiger charge is -2.17. The Hall–Kier alpha value is -1.03. The van der Waals surface area contributed by atoms with Crippen LogP contribution in [-0.2, 0) is 0 Å². The minimum atomic E-state index is 0.292. The van der Waals surface area contributed by atoms with Gasteiger partial charge in [-0.15, -0.1) is 11.8 Å². The molecule has 1 aromatic heterocycles. The van der Waals surface area contributed by atoms with E-state index in [9.17, 15) is 0 Å². The summed E-state index contributed by atoms with van der Waals surface area (Å²) in [5.74, 6) is 0.934. The van der Waals surface area contributed by atoms with Crippen molar-refractivity contribution in [2.75, 3.05) is 12.3 Å². The lowest BCUT2D eigenvalue weighted by molar-refractivity contribution is 0.604. The zero-order chi connectivity index (χ0) is 13.5. The van der Waals surface area contributed by atoms with Crippen LogP contribution >= 0.6 is 23.4 Å². The molecule has 0 spiro atoms. The second-order valence-electron chi connectivity index (χ2n) is 4.14. The maximum absolute atomic E-state index is 6.18. The molecule has 1 aromatic carbocycles. The maximum Gasteiger partial charge on any atom is 0.0541 e. The van der Waals surface area contributed by atoms with Crippen molar-refractivity contribution in [1.82, 2.24) is 10.3 Å². The first kappa shape index (κ1) is 14.4. The van der Waals surface area contributed by atoms with E-state index in [4.69, 9.17) is 11.6 Å². The molecule has 2 rings (SSSR count). The highest BCUT2D eigenvalue weighted by Gasteiger charge is 2.11. The van der Waals surface area contributed by atoms with Gasteiger partial charge >= 0.3 is 0 Å². The zero-order valence-electron chi connectivity index (χ0n) is 10.8. The van der Waals surface area contributed by atoms with Crippen LogP contribution in [0.15, 0.2) is 53.7 Å². The molecule has 1 atom stereocenters. The Bertz CT molecular complexity index is 505. The van der Waals surface area contributed by atoms with Crippen molar-refractivity contribution >= 4 is 23.4 Å². The molecule has 2 aromatic rings. The van der Waals surface area contributed by atoms with Crippen LogP contribution in [0.25, 0.3) is 0 Å². The molecular weight excluding hydrogens is 276 g/mol. The molecule has 0 radical (unpaired) electrons. The van der Waals surface area contributed by atoms with Gasteiger partial charge in [0.05, 0.1) is 5.02 Å². The van der Waals surface area contributed by atoms with Gasteiger partial charge in [0.25, 0.3) is 0 Å². The fourth-order valence-electron chi connectivity index (χ4n) is 1.84. The molecule has 0 amide bonds. The number of hydrogen-bond acceptors (Lipinski definition) is 3. The summed E-state index contributed by atoms with van der Waals surface area (Å²) >= 11 is 7.94. The first-order valence-electron chi connectivity index (χ1n) is 6.32.